The van der Waals surface area contributed by atoms with E-state index in [1.54, 1.807) is 0 Å². The minimum Gasteiger partial charge on any atom is -0.395 e. The molecule has 1 heterocycles. The Kier molecular flexibility index (Phi) is 5.77. The minimum absolute atomic E-state index is 0. The zero-order valence-corrected chi connectivity index (χ0v) is 9.95. The molecular weight excluding hydrogens is 226 g/mol. The number of aliphatic hydroxyl groups is 1. The van der Waals surface area contributed by atoms with Crippen molar-refractivity contribution >= 4 is 12.4 Å². The summed E-state index contributed by atoms with van der Waals surface area (Å²) in [7, 11) is 0. The van der Waals surface area contributed by atoms with Crippen LogP contribution in [0.4, 0.5) is 0 Å². The van der Waals surface area contributed by atoms with Gasteiger partial charge in [-0.25, -0.2) is 0 Å². The van der Waals surface area contributed by atoms with Crippen LogP contribution in [0, 0.1) is 0 Å². The summed E-state index contributed by atoms with van der Waals surface area (Å²) in [6, 6.07) is 10.4. The van der Waals surface area contributed by atoms with Crippen LogP contribution in [0.5, 0.6) is 0 Å². The molecule has 0 saturated carbocycles. The van der Waals surface area contributed by atoms with E-state index in [-0.39, 0.29) is 31.2 Å². The van der Waals surface area contributed by atoms with Crippen molar-refractivity contribution < 1.29 is 9.84 Å². The standard InChI is InChI=1S/C12H17NO2.ClH/c14-8-11-6-12(7-13-11)15-9-10-4-2-1-3-5-10;/h1-5,11-14H,6-9H2;1H/t11-,12+;/m0./s1. The third kappa shape index (κ3) is 3.76. The first-order valence-corrected chi connectivity index (χ1v) is 5.38. The maximum absolute atomic E-state index is 8.95. The molecule has 0 aromatic heterocycles. The van der Waals surface area contributed by atoms with E-state index in [0.717, 1.165) is 13.0 Å². The first-order valence-electron chi connectivity index (χ1n) is 5.38. The van der Waals surface area contributed by atoms with Gasteiger partial charge < -0.3 is 15.2 Å². The number of nitrogens with one attached hydrogen (secondary N) is 1. The van der Waals surface area contributed by atoms with Gasteiger partial charge >= 0.3 is 0 Å². The number of aliphatic hydroxyl groups excluding tert-OH is 1. The van der Waals surface area contributed by atoms with Crippen LogP contribution in [0.15, 0.2) is 30.3 Å². The smallest absolute Gasteiger partial charge is 0.0721 e. The predicted molar refractivity (Wildman–Crippen MR) is 65.8 cm³/mol. The van der Waals surface area contributed by atoms with Crippen molar-refractivity contribution in [3.05, 3.63) is 35.9 Å². The number of hydrogen-bond acceptors (Lipinski definition) is 3. The van der Waals surface area contributed by atoms with E-state index in [2.05, 4.69) is 17.4 Å². The summed E-state index contributed by atoms with van der Waals surface area (Å²) in [6.45, 7) is 1.70. The minimum atomic E-state index is 0. The third-order valence-electron chi connectivity index (χ3n) is 2.73. The lowest BCUT2D eigenvalue weighted by Crippen LogP contribution is -2.24. The van der Waals surface area contributed by atoms with Crippen LogP contribution in [0.1, 0.15) is 12.0 Å². The maximum Gasteiger partial charge on any atom is 0.0721 e. The van der Waals surface area contributed by atoms with Crippen molar-refractivity contribution in [1.29, 1.82) is 0 Å². The first kappa shape index (κ1) is 13.5. The van der Waals surface area contributed by atoms with Crippen molar-refractivity contribution in [3.8, 4) is 0 Å². The molecule has 4 heteroatoms. The van der Waals surface area contributed by atoms with Gasteiger partial charge in [0.2, 0.25) is 0 Å². The number of rotatable bonds is 4. The molecule has 3 nitrogen and oxygen atoms in total. The highest BCUT2D eigenvalue weighted by atomic mass is 35.5. The average molecular weight is 244 g/mol. The highest BCUT2D eigenvalue weighted by Crippen LogP contribution is 2.12. The van der Waals surface area contributed by atoms with Gasteiger partial charge in [-0.05, 0) is 12.0 Å². The molecule has 90 valence electrons. The van der Waals surface area contributed by atoms with Crippen LogP contribution in [0.2, 0.25) is 0 Å². The third-order valence-corrected chi connectivity index (χ3v) is 2.73. The Morgan fingerprint density at radius 1 is 1.31 bits per heavy atom. The Morgan fingerprint density at radius 2 is 2.06 bits per heavy atom. The van der Waals surface area contributed by atoms with Crippen molar-refractivity contribution in [3.63, 3.8) is 0 Å². The number of ether oxygens (including phenoxy) is 1. The van der Waals surface area contributed by atoms with E-state index in [1.807, 2.05) is 18.2 Å². The number of halogens is 1. The summed E-state index contributed by atoms with van der Waals surface area (Å²) < 4.78 is 5.75. The van der Waals surface area contributed by atoms with Gasteiger partial charge in [-0.1, -0.05) is 30.3 Å². The van der Waals surface area contributed by atoms with Crippen LogP contribution >= 0.6 is 12.4 Å². The topological polar surface area (TPSA) is 41.5 Å². The summed E-state index contributed by atoms with van der Waals surface area (Å²) in [4.78, 5) is 0. The molecule has 0 spiro atoms. The van der Waals surface area contributed by atoms with Gasteiger partial charge in [0.15, 0.2) is 0 Å². The maximum atomic E-state index is 8.95. The summed E-state index contributed by atoms with van der Waals surface area (Å²) in [5.41, 5.74) is 1.20. The molecule has 1 aliphatic rings. The average Bonchev–Trinajstić information content (AvgIpc) is 2.76. The lowest BCUT2D eigenvalue weighted by molar-refractivity contribution is 0.0512. The fourth-order valence-electron chi connectivity index (χ4n) is 1.84. The first-order chi connectivity index (χ1) is 7.38. The van der Waals surface area contributed by atoms with Gasteiger partial charge in [-0.15, -0.1) is 12.4 Å². The summed E-state index contributed by atoms with van der Waals surface area (Å²) in [5.74, 6) is 0. The Morgan fingerprint density at radius 3 is 2.69 bits per heavy atom. The second-order valence-electron chi connectivity index (χ2n) is 3.94. The van der Waals surface area contributed by atoms with E-state index in [9.17, 15) is 0 Å². The van der Waals surface area contributed by atoms with E-state index >= 15 is 0 Å². The van der Waals surface area contributed by atoms with E-state index < -0.39 is 0 Å². The van der Waals surface area contributed by atoms with Crippen molar-refractivity contribution in [2.45, 2.75) is 25.2 Å². The van der Waals surface area contributed by atoms with Crippen LogP contribution in [0.3, 0.4) is 0 Å². The molecule has 1 aromatic carbocycles. The van der Waals surface area contributed by atoms with E-state index in [4.69, 9.17) is 9.84 Å². The summed E-state index contributed by atoms with van der Waals surface area (Å²) in [5, 5.41) is 12.2. The van der Waals surface area contributed by atoms with Crippen molar-refractivity contribution in [2.75, 3.05) is 13.2 Å². The lowest BCUT2D eigenvalue weighted by atomic mass is 10.2. The Balaban J connectivity index is 0.00000128. The van der Waals surface area contributed by atoms with Gasteiger partial charge in [-0.3, -0.25) is 0 Å². The van der Waals surface area contributed by atoms with Gasteiger partial charge in [0.05, 0.1) is 19.3 Å². The largest absolute Gasteiger partial charge is 0.395 e. The number of benzene rings is 1. The Bertz CT molecular complexity index is 294. The lowest BCUT2D eigenvalue weighted by Gasteiger charge is -2.10. The molecule has 0 bridgehead atoms. The zero-order valence-electron chi connectivity index (χ0n) is 9.13. The quantitative estimate of drug-likeness (QED) is 0.839. The molecule has 0 amide bonds. The number of hydrogen-bond donors (Lipinski definition) is 2. The molecule has 0 aliphatic carbocycles. The van der Waals surface area contributed by atoms with Crippen molar-refractivity contribution in [1.82, 2.24) is 5.32 Å². The molecule has 16 heavy (non-hydrogen) atoms. The Hall–Kier alpha value is -0.610. The molecule has 1 fully saturated rings. The fraction of sp³-hybridized carbons (Fsp3) is 0.500. The SMILES string of the molecule is Cl.OC[C@@H]1C[C@@H](OCc2ccccc2)CN1. The van der Waals surface area contributed by atoms with Crippen LogP contribution < -0.4 is 5.32 Å². The molecule has 0 radical (unpaired) electrons. The normalized spacial score (nSPS) is 24.1. The molecule has 0 unspecified atom stereocenters. The predicted octanol–water partition coefficient (Wildman–Crippen LogP) is 1.35. The fourth-order valence-corrected chi connectivity index (χ4v) is 1.84. The van der Waals surface area contributed by atoms with Gasteiger partial charge in [0, 0.05) is 12.6 Å². The van der Waals surface area contributed by atoms with E-state index in [1.165, 1.54) is 5.56 Å². The second-order valence-corrected chi connectivity index (χ2v) is 3.94. The van der Waals surface area contributed by atoms with Crippen LogP contribution in [0.25, 0.3) is 0 Å². The van der Waals surface area contributed by atoms with E-state index in [0.29, 0.717) is 6.61 Å². The van der Waals surface area contributed by atoms with Gasteiger partial charge in [-0.2, -0.15) is 0 Å². The second kappa shape index (κ2) is 6.86. The molecule has 1 aromatic rings. The molecular formula is C12H18ClNO2. The van der Waals surface area contributed by atoms with Crippen molar-refractivity contribution in [2.24, 2.45) is 0 Å². The highest BCUT2D eigenvalue weighted by molar-refractivity contribution is 5.85. The molecule has 2 rings (SSSR count). The zero-order chi connectivity index (χ0) is 10.5. The highest BCUT2D eigenvalue weighted by Gasteiger charge is 2.23. The van der Waals surface area contributed by atoms with Crippen LogP contribution in [-0.2, 0) is 11.3 Å². The summed E-state index contributed by atoms with van der Waals surface area (Å²) in [6.07, 6.45) is 1.14. The summed E-state index contributed by atoms with van der Waals surface area (Å²) >= 11 is 0. The Labute approximate surface area is 102 Å². The van der Waals surface area contributed by atoms with Gasteiger partial charge in [0.25, 0.3) is 0 Å². The van der Waals surface area contributed by atoms with Crippen LogP contribution in [-0.4, -0.2) is 30.4 Å². The molecule has 1 aliphatic heterocycles. The molecule has 2 N–H and O–H groups in total. The van der Waals surface area contributed by atoms with Gasteiger partial charge in [0.1, 0.15) is 0 Å². The monoisotopic (exact) mass is 243 g/mol. The molecule has 2 atom stereocenters. The molecule has 1 saturated heterocycles.